The fourth-order valence-corrected chi connectivity index (χ4v) is 1.97. The fourth-order valence-electron chi connectivity index (χ4n) is 1.97. The summed E-state index contributed by atoms with van der Waals surface area (Å²) in [5.41, 5.74) is 6.25. The predicted molar refractivity (Wildman–Crippen MR) is 62.9 cm³/mol. The van der Waals surface area contributed by atoms with Gasteiger partial charge in [0.15, 0.2) is 0 Å². The van der Waals surface area contributed by atoms with Gasteiger partial charge < -0.3 is 11.1 Å². The lowest BCUT2D eigenvalue weighted by molar-refractivity contribution is -0.154. The standard InChI is InChI=1S/C12H14F3N3O/c13-12(14,15)6-10(19)18-11(7-1-2-7)8-3-4-17-9(16)5-8/h3-5,7,11H,1-2,6H2,(H2,16,17)(H,18,19). The molecule has 7 heteroatoms. The lowest BCUT2D eigenvalue weighted by atomic mass is 10.0. The molecule has 19 heavy (non-hydrogen) atoms. The highest BCUT2D eigenvalue weighted by molar-refractivity contribution is 5.77. The number of carbonyl (C=O) groups is 1. The minimum absolute atomic E-state index is 0.180. The van der Waals surface area contributed by atoms with Crippen LogP contribution in [0.5, 0.6) is 0 Å². The third-order valence-corrected chi connectivity index (χ3v) is 2.94. The Morgan fingerprint density at radius 2 is 2.21 bits per heavy atom. The first-order chi connectivity index (χ1) is 8.85. The lowest BCUT2D eigenvalue weighted by Crippen LogP contribution is -2.33. The van der Waals surface area contributed by atoms with Crippen molar-refractivity contribution < 1.29 is 18.0 Å². The summed E-state index contributed by atoms with van der Waals surface area (Å²) in [6.07, 6.45) is -2.69. The Labute approximate surface area is 108 Å². The number of nitrogens with one attached hydrogen (secondary N) is 1. The van der Waals surface area contributed by atoms with E-state index in [0.717, 1.165) is 12.8 Å². The molecule has 1 saturated carbocycles. The Hall–Kier alpha value is -1.79. The summed E-state index contributed by atoms with van der Waals surface area (Å²) in [6, 6.07) is 2.82. The van der Waals surface area contributed by atoms with Gasteiger partial charge >= 0.3 is 6.18 Å². The van der Waals surface area contributed by atoms with Gasteiger partial charge in [-0.25, -0.2) is 4.98 Å². The third kappa shape index (κ3) is 4.11. The van der Waals surface area contributed by atoms with Crippen LogP contribution >= 0.6 is 0 Å². The highest BCUT2D eigenvalue weighted by Crippen LogP contribution is 2.41. The van der Waals surface area contributed by atoms with Crippen molar-refractivity contribution in [1.29, 1.82) is 0 Å². The fraction of sp³-hybridized carbons (Fsp3) is 0.500. The third-order valence-electron chi connectivity index (χ3n) is 2.94. The number of nitrogen functional groups attached to an aromatic ring is 1. The average Bonchev–Trinajstić information content (AvgIpc) is 3.07. The number of halogens is 3. The topological polar surface area (TPSA) is 68.0 Å². The van der Waals surface area contributed by atoms with Crippen molar-refractivity contribution in [2.24, 2.45) is 5.92 Å². The Kier molecular flexibility index (Phi) is 3.64. The largest absolute Gasteiger partial charge is 0.397 e. The molecule has 104 valence electrons. The van der Waals surface area contributed by atoms with E-state index in [-0.39, 0.29) is 11.7 Å². The lowest BCUT2D eigenvalue weighted by Gasteiger charge is -2.19. The number of nitrogens with two attached hydrogens (primary N) is 1. The van der Waals surface area contributed by atoms with E-state index in [1.54, 1.807) is 12.1 Å². The summed E-state index contributed by atoms with van der Waals surface area (Å²) in [6.45, 7) is 0. The molecule has 3 N–H and O–H groups in total. The first-order valence-corrected chi connectivity index (χ1v) is 5.93. The highest BCUT2D eigenvalue weighted by atomic mass is 19.4. The second-order valence-corrected chi connectivity index (χ2v) is 4.69. The predicted octanol–water partition coefficient (Wildman–Crippen LogP) is 2.18. The van der Waals surface area contributed by atoms with Crippen LogP contribution in [0.15, 0.2) is 18.3 Å². The van der Waals surface area contributed by atoms with Crippen molar-refractivity contribution in [3.63, 3.8) is 0 Å². The Bertz CT molecular complexity index is 472. The van der Waals surface area contributed by atoms with E-state index < -0.39 is 24.5 Å². The van der Waals surface area contributed by atoms with E-state index in [2.05, 4.69) is 10.3 Å². The number of carbonyl (C=O) groups excluding carboxylic acids is 1. The van der Waals surface area contributed by atoms with E-state index in [1.807, 2.05) is 0 Å². The molecule has 0 radical (unpaired) electrons. The van der Waals surface area contributed by atoms with Gasteiger partial charge in [0.2, 0.25) is 5.91 Å². The minimum Gasteiger partial charge on any atom is -0.384 e. The summed E-state index contributed by atoms with van der Waals surface area (Å²) in [7, 11) is 0. The van der Waals surface area contributed by atoms with Crippen LogP contribution in [-0.2, 0) is 4.79 Å². The first kappa shape index (κ1) is 13.6. The molecular weight excluding hydrogens is 259 g/mol. The number of nitrogens with zero attached hydrogens (tertiary/aromatic N) is 1. The van der Waals surface area contributed by atoms with Crippen LogP contribution in [-0.4, -0.2) is 17.1 Å². The van der Waals surface area contributed by atoms with Crippen molar-refractivity contribution in [1.82, 2.24) is 10.3 Å². The number of rotatable bonds is 4. The summed E-state index contributed by atoms with van der Waals surface area (Å²) in [5, 5.41) is 2.44. The molecule has 1 atom stereocenters. The Balaban J connectivity index is 2.07. The van der Waals surface area contributed by atoms with Crippen molar-refractivity contribution in [3.8, 4) is 0 Å². The number of anilines is 1. The van der Waals surface area contributed by atoms with E-state index >= 15 is 0 Å². The molecule has 0 aromatic carbocycles. The van der Waals surface area contributed by atoms with Crippen LogP contribution in [0.4, 0.5) is 19.0 Å². The number of hydrogen-bond acceptors (Lipinski definition) is 3. The monoisotopic (exact) mass is 273 g/mol. The molecule has 1 aromatic rings. The van der Waals surface area contributed by atoms with Gasteiger partial charge in [0, 0.05) is 6.20 Å². The van der Waals surface area contributed by atoms with E-state index in [9.17, 15) is 18.0 Å². The Morgan fingerprint density at radius 1 is 1.53 bits per heavy atom. The van der Waals surface area contributed by atoms with Gasteiger partial charge in [-0.1, -0.05) is 0 Å². The smallest absolute Gasteiger partial charge is 0.384 e. The molecule has 1 heterocycles. The number of hydrogen-bond donors (Lipinski definition) is 2. The highest BCUT2D eigenvalue weighted by Gasteiger charge is 2.36. The SMILES string of the molecule is Nc1cc(C(NC(=O)CC(F)(F)F)C2CC2)ccn1. The van der Waals surface area contributed by atoms with Gasteiger partial charge in [-0.2, -0.15) is 13.2 Å². The van der Waals surface area contributed by atoms with Crippen LogP contribution in [0.1, 0.15) is 30.9 Å². The molecule has 1 aromatic heterocycles. The molecule has 0 bridgehead atoms. The summed E-state index contributed by atoms with van der Waals surface area (Å²) < 4.78 is 36.4. The number of alkyl halides is 3. The number of pyridine rings is 1. The second kappa shape index (κ2) is 5.07. The van der Waals surface area contributed by atoms with Crippen LogP contribution in [0.3, 0.4) is 0 Å². The quantitative estimate of drug-likeness (QED) is 0.883. The van der Waals surface area contributed by atoms with Crippen molar-refractivity contribution in [2.75, 3.05) is 5.73 Å². The molecule has 0 saturated heterocycles. The van der Waals surface area contributed by atoms with Crippen molar-refractivity contribution >= 4 is 11.7 Å². The van der Waals surface area contributed by atoms with Crippen LogP contribution < -0.4 is 11.1 Å². The molecule has 1 aliphatic rings. The molecule has 1 amide bonds. The van der Waals surface area contributed by atoms with E-state index in [4.69, 9.17) is 5.73 Å². The summed E-state index contributed by atoms with van der Waals surface area (Å²) in [5.74, 6) is -0.549. The maximum absolute atomic E-state index is 12.1. The molecule has 0 spiro atoms. The van der Waals surface area contributed by atoms with Crippen LogP contribution in [0.2, 0.25) is 0 Å². The van der Waals surface area contributed by atoms with E-state index in [0.29, 0.717) is 5.56 Å². The first-order valence-electron chi connectivity index (χ1n) is 5.93. The second-order valence-electron chi connectivity index (χ2n) is 4.69. The minimum atomic E-state index is -4.49. The summed E-state index contributed by atoms with van der Waals surface area (Å²) in [4.78, 5) is 15.2. The molecular formula is C12H14F3N3O. The van der Waals surface area contributed by atoms with Crippen molar-refractivity contribution in [2.45, 2.75) is 31.5 Å². The Morgan fingerprint density at radius 3 is 2.74 bits per heavy atom. The molecule has 4 nitrogen and oxygen atoms in total. The summed E-state index contributed by atoms with van der Waals surface area (Å²) >= 11 is 0. The number of aromatic nitrogens is 1. The zero-order valence-electron chi connectivity index (χ0n) is 10.1. The zero-order chi connectivity index (χ0) is 14.0. The molecule has 1 fully saturated rings. The van der Waals surface area contributed by atoms with E-state index in [1.165, 1.54) is 6.20 Å². The molecule has 2 rings (SSSR count). The maximum atomic E-state index is 12.1. The zero-order valence-corrected chi connectivity index (χ0v) is 10.1. The molecule has 0 aliphatic heterocycles. The normalized spacial score (nSPS) is 17.0. The van der Waals surface area contributed by atoms with Gasteiger partial charge in [-0.05, 0) is 36.5 Å². The van der Waals surface area contributed by atoms with Gasteiger partial charge in [0.05, 0.1) is 6.04 Å². The molecule has 1 unspecified atom stereocenters. The van der Waals surface area contributed by atoms with Gasteiger partial charge in [-0.15, -0.1) is 0 Å². The molecule has 1 aliphatic carbocycles. The van der Waals surface area contributed by atoms with Gasteiger partial charge in [0.1, 0.15) is 12.2 Å². The van der Waals surface area contributed by atoms with Crippen LogP contribution in [0, 0.1) is 5.92 Å². The number of amides is 1. The van der Waals surface area contributed by atoms with Gasteiger partial charge in [0.25, 0.3) is 0 Å². The van der Waals surface area contributed by atoms with Crippen LogP contribution in [0.25, 0.3) is 0 Å². The van der Waals surface area contributed by atoms with Crippen molar-refractivity contribution in [3.05, 3.63) is 23.9 Å². The maximum Gasteiger partial charge on any atom is 0.397 e. The van der Waals surface area contributed by atoms with Gasteiger partial charge in [-0.3, -0.25) is 4.79 Å². The average molecular weight is 273 g/mol.